The summed E-state index contributed by atoms with van der Waals surface area (Å²) in [5.74, 6) is -1.69. The van der Waals surface area contributed by atoms with Crippen molar-refractivity contribution in [1.82, 2.24) is 10.6 Å². The Labute approximate surface area is 206 Å². The summed E-state index contributed by atoms with van der Waals surface area (Å²) in [5, 5.41) is 15.3. The van der Waals surface area contributed by atoms with E-state index < -0.39 is 29.4 Å². The number of carbonyl (C=O) groups excluding carboxylic acids is 2. The maximum absolute atomic E-state index is 13.0. The number of carbonyl (C=O) groups is 3. The standard InChI is InChI=1S/C28H34N2O5/c1-17(2)22(25(31)30-24-13-8-14-28(24,3)26(32)33)15-29-27(34)35-16-23-20-11-6-4-9-18(20)19-10-5-7-12-21(19)23/h4-7,9-12,17,22-24H,8,13-16H2,1-3H3,(H,29,34)(H,30,31)(H,32,33). The molecule has 2 aromatic rings. The van der Waals surface area contributed by atoms with E-state index in [-0.39, 0.29) is 30.9 Å². The van der Waals surface area contributed by atoms with Crippen LogP contribution in [0.25, 0.3) is 11.1 Å². The van der Waals surface area contributed by atoms with Crippen molar-refractivity contribution < 1.29 is 24.2 Å². The highest BCUT2D eigenvalue weighted by Crippen LogP contribution is 2.44. The molecule has 186 valence electrons. The molecular weight excluding hydrogens is 444 g/mol. The Morgan fingerprint density at radius 3 is 2.23 bits per heavy atom. The Morgan fingerprint density at radius 2 is 1.66 bits per heavy atom. The van der Waals surface area contributed by atoms with Crippen LogP contribution in [0.15, 0.2) is 48.5 Å². The second-order valence-electron chi connectivity index (χ2n) is 10.2. The first-order valence-corrected chi connectivity index (χ1v) is 12.3. The van der Waals surface area contributed by atoms with Crippen LogP contribution in [0.1, 0.15) is 57.1 Å². The third kappa shape index (κ3) is 4.90. The average molecular weight is 479 g/mol. The third-order valence-electron chi connectivity index (χ3n) is 7.71. The molecule has 0 saturated heterocycles. The summed E-state index contributed by atoms with van der Waals surface area (Å²) in [4.78, 5) is 37.3. The van der Waals surface area contributed by atoms with Crippen molar-refractivity contribution in [3.63, 3.8) is 0 Å². The number of hydrogen-bond donors (Lipinski definition) is 3. The molecule has 7 heteroatoms. The van der Waals surface area contributed by atoms with E-state index in [0.29, 0.717) is 12.8 Å². The summed E-state index contributed by atoms with van der Waals surface area (Å²) in [6.45, 7) is 5.84. The van der Waals surface area contributed by atoms with Crippen LogP contribution < -0.4 is 10.6 Å². The molecule has 1 fully saturated rings. The highest BCUT2D eigenvalue weighted by Gasteiger charge is 2.46. The largest absolute Gasteiger partial charge is 0.481 e. The normalized spacial score (nSPS) is 21.8. The molecule has 0 bridgehead atoms. The van der Waals surface area contributed by atoms with Gasteiger partial charge in [0.2, 0.25) is 5.91 Å². The van der Waals surface area contributed by atoms with Crippen molar-refractivity contribution in [2.24, 2.45) is 17.3 Å². The van der Waals surface area contributed by atoms with Gasteiger partial charge in [-0.05, 0) is 47.9 Å². The van der Waals surface area contributed by atoms with Crippen LogP contribution in [0.4, 0.5) is 4.79 Å². The van der Waals surface area contributed by atoms with Crippen molar-refractivity contribution in [2.45, 2.75) is 52.0 Å². The van der Waals surface area contributed by atoms with Crippen LogP contribution in [0.5, 0.6) is 0 Å². The third-order valence-corrected chi connectivity index (χ3v) is 7.71. The van der Waals surface area contributed by atoms with Gasteiger partial charge in [0.05, 0.1) is 11.3 Å². The number of ether oxygens (including phenoxy) is 1. The lowest BCUT2D eigenvalue weighted by molar-refractivity contribution is -0.149. The molecule has 35 heavy (non-hydrogen) atoms. The minimum Gasteiger partial charge on any atom is -0.481 e. The lowest BCUT2D eigenvalue weighted by Crippen LogP contribution is -2.51. The second kappa shape index (κ2) is 10.1. The topological polar surface area (TPSA) is 105 Å². The molecule has 7 nitrogen and oxygen atoms in total. The van der Waals surface area contributed by atoms with E-state index in [2.05, 4.69) is 34.9 Å². The van der Waals surface area contributed by atoms with Gasteiger partial charge in [0.15, 0.2) is 0 Å². The van der Waals surface area contributed by atoms with Crippen LogP contribution in [0, 0.1) is 17.3 Å². The number of carboxylic acids is 1. The Morgan fingerprint density at radius 1 is 1.06 bits per heavy atom. The van der Waals surface area contributed by atoms with Crippen LogP contribution in [0.2, 0.25) is 0 Å². The second-order valence-corrected chi connectivity index (χ2v) is 10.2. The van der Waals surface area contributed by atoms with Gasteiger partial charge in [-0.25, -0.2) is 4.79 Å². The fourth-order valence-corrected chi connectivity index (χ4v) is 5.41. The summed E-state index contributed by atoms with van der Waals surface area (Å²) in [6.07, 6.45) is 1.37. The minimum atomic E-state index is -0.961. The van der Waals surface area contributed by atoms with E-state index >= 15 is 0 Å². The maximum Gasteiger partial charge on any atom is 0.407 e. The number of alkyl carbamates (subject to hydrolysis) is 1. The van der Waals surface area contributed by atoms with Gasteiger partial charge in [-0.3, -0.25) is 9.59 Å². The number of carboxylic acid groups (broad SMARTS) is 1. The van der Waals surface area contributed by atoms with Gasteiger partial charge in [-0.1, -0.05) is 68.8 Å². The molecular formula is C28H34N2O5. The lowest BCUT2D eigenvalue weighted by Gasteiger charge is -2.30. The molecule has 0 spiro atoms. The number of fused-ring (bicyclic) bond motifs is 3. The van der Waals surface area contributed by atoms with Gasteiger partial charge < -0.3 is 20.5 Å². The molecule has 2 amide bonds. The van der Waals surface area contributed by atoms with Crippen LogP contribution in [-0.4, -0.2) is 42.3 Å². The molecule has 4 rings (SSSR count). The molecule has 2 aliphatic rings. The molecule has 2 aliphatic carbocycles. The Hall–Kier alpha value is -3.35. The molecule has 3 unspecified atom stereocenters. The highest BCUT2D eigenvalue weighted by atomic mass is 16.5. The number of nitrogens with one attached hydrogen (secondary N) is 2. The zero-order valence-corrected chi connectivity index (χ0v) is 20.5. The smallest absolute Gasteiger partial charge is 0.407 e. The predicted octanol–water partition coefficient (Wildman–Crippen LogP) is 4.56. The van der Waals surface area contributed by atoms with Gasteiger partial charge in [0.1, 0.15) is 6.61 Å². The van der Waals surface area contributed by atoms with Crippen LogP contribution in [0.3, 0.4) is 0 Å². The van der Waals surface area contributed by atoms with Gasteiger partial charge in [-0.2, -0.15) is 0 Å². The Bertz CT molecular complexity index is 1070. The van der Waals surface area contributed by atoms with Gasteiger partial charge >= 0.3 is 12.1 Å². The van der Waals surface area contributed by atoms with E-state index in [1.807, 2.05) is 38.1 Å². The zero-order valence-electron chi connectivity index (χ0n) is 20.5. The Balaban J connectivity index is 1.34. The first kappa shape index (κ1) is 24.8. The van der Waals surface area contributed by atoms with E-state index in [0.717, 1.165) is 28.7 Å². The van der Waals surface area contributed by atoms with Crippen molar-refractivity contribution in [3.05, 3.63) is 59.7 Å². The maximum atomic E-state index is 13.0. The number of amides is 2. The number of rotatable bonds is 8. The molecule has 3 N–H and O–H groups in total. The van der Waals surface area contributed by atoms with E-state index in [9.17, 15) is 19.5 Å². The van der Waals surface area contributed by atoms with E-state index in [1.54, 1.807) is 6.92 Å². The molecule has 0 aliphatic heterocycles. The average Bonchev–Trinajstić information content (AvgIpc) is 3.36. The Kier molecular flexibility index (Phi) is 7.15. The van der Waals surface area contributed by atoms with Crippen LogP contribution >= 0.6 is 0 Å². The van der Waals surface area contributed by atoms with Crippen molar-refractivity contribution >= 4 is 18.0 Å². The van der Waals surface area contributed by atoms with E-state index in [1.165, 1.54) is 0 Å². The molecule has 0 aromatic heterocycles. The fourth-order valence-electron chi connectivity index (χ4n) is 5.41. The van der Waals surface area contributed by atoms with Crippen molar-refractivity contribution in [3.8, 4) is 11.1 Å². The minimum absolute atomic E-state index is 0.0339. The first-order valence-electron chi connectivity index (χ1n) is 12.3. The summed E-state index contributed by atoms with van der Waals surface area (Å²) in [6, 6.07) is 15.9. The monoisotopic (exact) mass is 478 g/mol. The molecule has 2 aromatic carbocycles. The number of benzene rings is 2. The van der Waals surface area contributed by atoms with E-state index in [4.69, 9.17) is 4.74 Å². The van der Waals surface area contributed by atoms with Crippen molar-refractivity contribution in [1.29, 1.82) is 0 Å². The molecule has 0 heterocycles. The lowest BCUT2D eigenvalue weighted by atomic mass is 9.84. The quantitative estimate of drug-likeness (QED) is 0.516. The fraction of sp³-hybridized carbons (Fsp3) is 0.464. The SMILES string of the molecule is CC(C)C(CNC(=O)OCC1c2ccccc2-c2ccccc21)C(=O)NC1CCCC1(C)C(=O)O. The van der Waals surface area contributed by atoms with Crippen molar-refractivity contribution in [2.75, 3.05) is 13.2 Å². The van der Waals surface area contributed by atoms with Gasteiger partial charge in [0.25, 0.3) is 0 Å². The van der Waals surface area contributed by atoms with Crippen LogP contribution in [-0.2, 0) is 14.3 Å². The van der Waals surface area contributed by atoms with Gasteiger partial charge in [0, 0.05) is 18.5 Å². The zero-order chi connectivity index (χ0) is 25.2. The highest BCUT2D eigenvalue weighted by molar-refractivity contribution is 5.83. The summed E-state index contributed by atoms with van der Waals surface area (Å²) >= 11 is 0. The molecule has 3 atom stereocenters. The summed E-state index contributed by atoms with van der Waals surface area (Å²) in [7, 11) is 0. The number of aliphatic carboxylic acids is 1. The predicted molar refractivity (Wildman–Crippen MR) is 133 cm³/mol. The molecule has 0 radical (unpaired) electrons. The summed E-state index contributed by atoms with van der Waals surface area (Å²) in [5.41, 5.74) is 3.64. The first-order chi connectivity index (χ1) is 16.7. The summed E-state index contributed by atoms with van der Waals surface area (Å²) < 4.78 is 5.59. The van der Waals surface area contributed by atoms with Gasteiger partial charge in [-0.15, -0.1) is 0 Å². The number of hydrogen-bond acceptors (Lipinski definition) is 4. The molecule has 1 saturated carbocycles.